The van der Waals surface area contributed by atoms with Gasteiger partial charge in [-0.3, -0.25) is 19.8 Å². The number of anilines is 1. The summed E-state index contributed by atoms with van der Waals surface area (Å²) < 4.78 is 5.12. The van der Waals surface area contributed by atoms with Gasteiger partial charge in [0.15, 0.2) is 0 Å². The predicted octanol–water partition coefficient (Wildman–Crippen LogP) is 2.13. The van der Waals surface area contributed by atoms with Gasteiger partial charge >= 0.3 is 5.97 Å². The molecule has 2 rings (SSSR count). The molecule has 0 unspecified atom stereocenters. The van der Waals surface area contributed by atoms with Crippen molar-refractivity contribution in [2.75, 3.05) is 25.0 Å². The van der Waals surface area contributed by atoms with Gasteiger partial charge in [-0.25, -0.2) is 0 Å². The third-order valence-electron chi connectivity index (χ3n) is 3.85. The van der Waals surface area contributed by atoms with Gasteiger partial charge in [-0.05, 0) is 25.9 Å². The Morgan fingerprint density at radius 2 is 2.00 bits per heavy atom. The van der Waals surface area contributed by atoms with Crippen LogP contribution < -0.4 is 5.32 Å². The van der Waals surface area contributed by atoms with Crippen molar-refractivity contribution in [3.05, 3.63) is 11.8 Å². The second-order valence-corrected chi connectivity index (χ2v) is 6.76. The van der Waals surface area contributed by atoms with Gasteiger partial charge in [-0.15, -0.1) is 12.4 Å². The van der Waals surface area contributed by atoms with E-state index in [0.717, 1.165) is 5.69 Å². The van der Waals surface area contributed by atoms with Crippen molar-refractivity contribution in [3.63, 3.8) is 0 Å². The molecule has 1 aromatic rings. The molecule has 0 atom stereocenters. The van der Waals surface area contributed by atoms with Crippen molar-refractivity contribution in [1.82, 2.24) is 10.1 Å². The van der Waals surface area contributed by atoms with E-state index >= 15 is 0 Å². The molecule has 1 amide bonds. The van der Waals surface area contributed by atoms with E-state index in [1.54, 1.807) is 6.07 Å². The van der Waals surface area contributed by atoms with Crippen LogP contribution in [-0.2, 0) is 15.0 Å². The molecule has 1 aromatic heterocycles. The van der Waals surface area contributed by atoms with Gasteiger partial charge in [-0.2, -0.15) is 0 Å². The molecule has 1 aliphatic rings. The minimum absolute atomic E-state index is 0. The van der Waals surface area contributed by atoms with E-state index in [2.05, 4.69) is 10.5 Å². The van der Waals surface area contributed by atoms with Crippen molar-refractivity contribution in [2.45, 2.75) is 39.0 Å². The molecule has 0 bridgehead atoms. The molecular weight excluding hydrogens is 322 g/mol. The van der Waals surface area contributed by atoms with Gasteiger partial charge in [-0.1, -0.05) is 25.9 Å². The van der Waals surface area contributed by atoms with Gasteiger partial charge in [0.2, 0.25) is 11.8 Å². The molecule has 0 spiro atoms. The summed E-state index contributed by atoms with van der Waals surface area (Å²) in [6, 6.07) is 1.73. The zero-order valence-electron chi connectivity index (χ0n) is 13.7. The first-order valence-corrected chi connectivity index (χ1v) is 7.48. The van der Waals surface area contributed by atoms with E-state index in [0.29, 0.717) is 31.8 Å². The monoisotopic (exact) mass is 345 g/mol. The number of piperidine rings is 1. The lowest BCUT2D eigenvalue weighted by molar-refractivity contribution is -0.143. The van der Waals surface area contributed by atoms with E-state index in [9.17, 15) is 9.59 Å². The number of amides is 1. The summed E-state index contributed by atoms with van der Waals surface area (Å²) in [5.41, 5.74) is 0.649. The number of carbonyl (C=O) groups excluding carboxylic acids is 1. The summed E-state index contributed by atoms with van der Waals surface area (Å²) in [7, 11) is 0. The lowest BCUT2D eigenvalue weighted by Gasteiger charge is -2.29. The number of carboxylic acids is 1. The topological polar surface area (TPSA) is 95.7 Å². The summed E-state index contributed by atoms with van der Waals surface area (Å²) in [6.45, 7) is 7.52. The first-order chi connectivity index (χ1) is 10.3. The lowest BCUT2D eigenvalue weighted by atomic mass is 9.92. The molecule has 8 heteroatoms. The number of nitrogens with zero attached hydrogens (tertiary/aromatic N) is 2. The molecule has 2 N–H and O–H groups in total. The molecule has 0 aromatic carbocycles. The Morgan fingerprint density at radius 3 is 2.48 bits per heavy atom. The first-order valence-electron chi connectivity index (χ1n) is 7.48. The van der Waals surface area contributed by atoms with Gasteiger partial charge in [0.05, 0.1) is 18.2 Å². The van der Waals surface area contributed by atoms with Crippen LogP contribution in [0.5, 0.6) is 0 Å². The zero-order valence-corrected chi connectivity index (χ0v) is 14.5. The number of hydrogen-bond acceptors (Lipinski definition) is 5. The Labute approximate surface area is 141 Å². The molecule has 0 aliphatic carbocycles. The quantitative estimate of drug-likeness (QED) is 0.867. The predicted molar refractivity (Wildman–Crippen MR) is 87.9 cm³/mol. The maximum absolute atomic E-state index is 12.0. The fourth-order valence-electron chi connectivity index (χ4n) is 2.41. The fraction of sp³-hybridized carbons (Fsp3) is 0.667. The smallest absolute Gasteiger partial charge is 0.306 e. The standard InChI is InChI=1S/C15H23N3O4.ClH/c1-15(2,3)11-8-13(22-17-11)16-12(19)9-18-6-4-10(5-7-18)14(20)21;/h8,10H,4-7,9H2,1-3H3,(H,16,19)(H,20,21);1H. The average Bonchev–Trinajstić information content (AvgIpc) is 2.87. The van der Waals surface area contributed by atoms with Crippen molar-refractivity contribution in [3.8, 4) is 0 Å². The SMILES string of the molecule is CC(C)(C)c1cc(NC(=O)CN2CCC(C(=O)O)CC2)on1.Cl. The molecule has 1 saturated heterocycles. The Bertz CT molecular complexity index is 545. The summed E-state index contributed by atoms with van der Waals surface area (Å²) in [5, 5.41) is 15.6. The summed E-state index contributed by atoms with van der Waals surface area (Å²) in [6.07, 6.45) is 1.16. The summed E-state index contributed by atoms with van der Waals surface area (Å²) in [5.74, 6) is -0.871. The van der Waals surface area contributed by atoms with E-state index in [1.165, 1.54) is 0 Å². The van der Waals surface area contributed by atoms with Gasteiger partial charge < -0.3 is 9.63 Å². The maximum Gasteiger partial charge on any atom is 0.306 e. The highest BCUT2D eigenvalue weighted by Crippen LogP contribution is 2.23. The Balaban J connectivity index is 0.00000264. The minimum atomic E-state index is -0.750. The number of aromatic nitrogens is 1. The van der Waals surface area contributed by atoms with Crippen molar-refractivity contribution >= 4 is 30.2 Å². The Morgan fingerprint density at radius 1 is 1.39 bits per heavy atom. The van der Waals surface area contributed by atoms with Gasteiger partial charge in [0.1, 0.15) is 0 Å². The summed E-state index contributed by atoms with van der Waals surface area (Å²) >= 11 is 0. The fourth-order valence-corrected chi connectivity index (χ4v) is 2.41. The van der Waals surface area contributed by atoms with Crippen LogP contribution >= 0.6 is 12.4 Å². The second kappa shape index (κ2) is 7.79. The molecule has 1 aliphatic heterocycles. The van der Waals surface area contributed by atoms with Crippen molar-refractivity contribution < 1.29 is 19.2 Å². The molecule has 2 heterocycles. The number of hydrogen-bond donors (Lipinski definition) is 2. The highest BCUT2D eigenvalue weighted by atomic mass is 35.5. The molecule has 0 saturated carbocycles. The van der Waals surface area contributed by atoms with Gasteiger partial charge in [0, 0.05) is 11.5 Å². The number of carboxylic acid groups (broad SMARTS) is 1. The van der Waals surface area contributed by atoms with Crippen LogP contribution in [0.3, 0.4) is 0 Å². The number of aliphatic carboxylic acids is 1. The number of likely N-dealkylation sites (tertiary alicyclic amines) is 1. The van der Waals surface area contributed by atoms with E-state index in [4.69, 9.17) is 9.63 Å². The molecule has 130 valence electrons. The molecule has 7 nitrogen and oxygen atoms in total. The highest BCUT2D eigenvalue weighted by Gasteiger charge is 2.26. The lowest BCUT2D eigenvalue weighted by Crippen LogP contribution is -2.40. The number of rotatable bonds is 4. The minimum Gasteiger partial charge on any atom is -0.481 e. The van der Waals surface area contributed by atoms with Crippen molar-refractivity contribution in [1.29, 1.82) is 0 Å². The molecular formula is C15H24ClN3O4. The van der Waals surface area contributed by atoms with Crippen molar-refractivity contribution in [2.24, 2.45) is 5.92 Å². The zero-order chi connectivity index (χ0) is 16.3. The van der Waals surface area contributed by atoms with Crippen LogP contribution in [0.4, 0.5) is 5.88 Å². The molecule has 0 radical (unpaired) electrons. The van der Waals surface area contributed by atoms with E-state index in [-0.39, 0.29) is 36.2 Å². The molecule has 1 fully saturated rings. The largest absolute Gasteiger partial charge is 0.481 e. The number of nitrogens with one attached hydrogen (secondary N) is 1. The van der Waals surface area contributed by atoms with E-state index in [1.807, 2.05) is 25.7 Å². The Hall–Kier alpha value is -1.60. The normalized spacial score (nSPS) is 16.7. The van der Waals surface area contributed by atoms with Crippen LogP contribution in [0.2, 0.25) is 0 Å². The third-order valence-corrected chi connectivity index (χ3v) is 3.85. The van der Waals surface area contributed by atoms with Gasteiger partial charge in [0.25, 0.3) is 0 Å². The Kier molecular flexibility index (Phi) is 6.58. The molecule has 23 heavy (non-hydrogen) atoms. The number of carbonyl (C=O) groups is 2. The maximum atomic E-state index is 12.0. The van der Waals surface area contributed by atoms with E-state index < -0.39 is 5.97 Å². The van der Waals surface area contributed by atoms with Crippen LogP contribution in [0.25, 0.3) is 0 Å². The van der Waals surface area contributed by atoms with Crippen LogP contribution in [0.15, 0.2) is 10.6 Å². The summed E-state index contributed by atoms with van der Waals surface area (Å²) in [4.78, 5) is 24.8. The van der Waals surface area contributed by atoms with Crippen LogP contribution in [-0.4, -0.2) is 46.7 Å². The second-order valence-electron chi connectivity index (χ2n) is 6.76. The van der Waals surface area contributed by atoms with Crippen LogP contribution in [0, 0.1) is 5.92 Å². The van der Waals surface area contributed by atoms with Crippen LogP contribution in [0.1, 0.15) is 39.3 Å². The third kappa shape index (κ3) is 5.51. The first kappa shape index (κ1) is 19.4. The number of halogens is 1. The highest BCUT2D eigenvalue weighted by molar-refractivity contribution is 5.91. The average molecular weight is 346 g/mol.